The fraction of sp³-hybridized carbons (Fsp3) is 0.438. The molecule has 0 radical (unpaired) electrons. The highest BCUT2D eigenvalue weighted by molar-refractivity contribution is 5.41. The summed E-state index contributed by atoms with van der Waals surface area (Å²) in [6, 6.07) is 10.0. The Balaban J connectivity index is 2.78. The van der Waals surface area contributed by atoms with Gasteiger partial charge in [-0.15, -0.1) is 0 Å². The zero-order valence-electron chi connectivity index (χ0n) is 11.8. The average Bonchev–Trinajstić information content (AvgIpc) is 2.49. The van der Waals surface area contributed by atoms with Gasteiger partial charge in [-0.05, 0) is 11.6 Å². The number of nitrogens with zero attached hydrogens (tertiary/aromatic N) is 2. The third-order valence-corrected chi connectivity index (χ3v) is 2.86. The zero-order valence-corrected chi connectivity index (χ0v) is 11.8. The Labute approximate surface area is 120 Å². The molecule has 4 nitrogen and oxygen atoms in total. The summed E-state index contributed by atoms with van der Waals surface area (Å²) in [7, 11) is 1.67. The van der Waals surface area contributed by atoms with Crippen molar-refractivity contribution in [1.82, 2.24) is 4.90 Å². The topological polar surface area (TPSA) is 56.5 Å². The molecule has 0 atom stereocenters. The Morgan fingerprint density at radius 2 is 2.10 bits per heavy atom. The quantitative estimate of drug-likeness (QED) is 0.762. The number of ether oxygens (including phenoxy) is 1. The molecule has 1 N–H and O–H groups in total. The highest BCUT2D eigenvalue weighted by Gasteiger charge is 2.08. The lowest BCUT2D eigenvalue weighted by molar-refractivity contribution is 0.145. The van der Waals surface area contributed by atoms with E-state index in [1.54, 1.807) is 7.11 Å². The van der Waals surface area contributed by atoms with E-state index in [-0.39, 0.29) is 6.61 Å². The van der Waals surface area contributed by atoms with Gasteiger partial charge in [-0.3, -0.25) is 4.90 Å². The maximum absolute atomic E-state index is 8.80. The molecule has 4 heteroatoms. The van der Waals surface area contributed by atoms with Gasteiger partial charge in [0.1, 0.15) is 6.61 Å². The van der Waals surface area contributed by atoms with Crippen molar-refractivity contribution in [2.24, 2.45) is 0 Å². The first-order chi connectivity index (χ1) is 9.81. The van der Waals surface area contributed by atoms with Crippen molar-refractivity contribution in [2.75, 3.05) is 33.4 Å². The van der Waals surface area contributed by atoms with E-state index in [0.717, 1.165) is 24.2 Å². The average molecular weight is 272 g/mol. The number of methoxy groups -OCH3 is 1. The second-order valence-corrected chi connectivity index (χ2v) is 4.29. The summed E-state index contributed by atoms with van der Waals surface area (Å²) in [5.74, 6) is 5.63. The van der Waals surface area contributed by atoms with Crippen LogP contribution in [0.25, 0.3) is 0 Å². The summed E-state index contributed by atoms with van der Waals surface area (Å²) in [5, 5.41) is 17.5. The zero-order chi connectivity index (χ0) is 14.6. The van der Waals surface area contributed by atoms with Gasteiger partial charge < -0.3 is 9.84 Å². The number of nitriles is 1. The van der Waals surface area contributed by atoms with E-state index in [4.69, 9.17) is 15.1 Å². The largest absolute Gasteiger partial charge is 0.384 e. The van der Waals surface area contributed by atoms with Gasteiger partial charge in [-0.1, -0.05) is 30.0 Å². The standard InChI is InChI=1S/C16H20N2O2/c1-20-13-11-18(10-5-9-17)14-16-7-3-2-6-15(16)8-4-12-19/h2-3,6-7,19H,5,10-14H2,1H3. The van der Waals surface area contributed by atoms with Crippen LogP contribution in [-0.4, -0.2) is 43.4 Å². The molecule has 20 heavy (non-hydrogen) atoms. The molecule has 0 amide bonds. The summed E-state index contributed by atoms with van der Waals surface area (Å²) < 4.78 is 5.10. The molecule has 1 aromatic rings. The molecule has 1 aromatic carbocycles. The number of rotatable bonds is 7. The summed E-state index contributed by atoms with van der Waals surface area (Å²) in [4.78, 5) is 2.17. The van der Waals surface area contributed by atoms with Gasteiger partial charge in [0.15, 0.2) is 0 Å². The van der Waals surface area contributed by atoms with Gasteiger partial charge in [-0.2, -0.15) is 5.26 Å². The minimum Gasteiger partial charge on any atom is -0.384 e. The Bertz CT molecular complexity index is 497. The third kappa shape index (κ3) is 5.86. The molecule has 0 unspecified atom stereocenters. The van der Waals surface area contributed by atoms with Crippen molar-refractivity contribution in [3.63, 3.8) is 0 Å². The molecule has 106 valence electrons. The Hall–Kier alpha value is -1.85. The van der Waals surface area contributed by atoms with Crippen LogP contribution in [0, 0.1) is 23.2 Å². The maximum Gasteiger partial charge on any atom is 0.104 e. The molecule has 0 bridgehead atoms. The molecule has 0 aliphatic rings. The van der Waals surface area contributed by atoms with Crippen molar-refractivity contribution in [3.8, 4) is 17.9 Å². The minimum atomic E-state index is -0.143. The minimum absolute atomic E-state index is 0.143. The number of hydrogen-bond acceptors (Lipinski definition) is 4. The molecular formula is C16H20N2O2. The molecule has 1 rings (SSSR count). The van der Waals surface area contributed by atoms with E-state index in [0.29, 0.717) is 19.6 Å². The lowest BCUT2D eigenvalue weighted by Gasteiger charge is -2.21. The van der Waals surface area contributed by atoms with Crippen LogP contribution < -0.4 is 0 Å². The number of aliphatic hydroxyl groups excluding tert-OH is 1. The number of hydrogen-bond donors (Lipinski definition) is 1. The molecular weight excluding hydrogens is 252 g/mol. The van der Waals surface area contributed by atoms with Crippen LogP contribution in [0.3, 0.4) is 0 Å². The van der Waals surface area contributed by atoms with Gasteiger partial charge in [0, 0.05) is 38.7 Å². The predicted octanol–water partition coefficient (Wildman–Crippen LogP) is 1.39. The molecule has 0 aliphatic carbocycles. The summed E-state index contributed by atoms with van der Waals surface area (Å²) in [5.41, 5.74) is 2.02. The third-order valence-electron chi connectivity index (χ3n) is 2.86. The molecule has 0 spiro atoms. The maximum atomic E-state index is 8.80. The molecule has 0 saturated carbocycles. The molecule has 0 aromatic heterocycles. The normalized spacial score (nSPS) is 9.90. The Morgan fingerprint density at radius 1 is 1.30 bits per heavy atom. The van der Waals surface area contributed by atoms with Gasteiger partial charge in [-0.25, -0.2) is 0 Å². The highest BCUT2D eigenvalue weighted by atomic mass is 16.5. The van der Waals surface area contributed by atoms with Crippen molar-refractivity contribution < 1.29 is 9.84 Å². The SMILES string of the molecule is COCCN(CCC#N)Cc1ccccc1C#CCO. The van der Waals surface area contributed by atoms with Gasteiger partial charge >= 0.3 is 0 Å². The highest BCUT2D eigenvalue weighted by Crippen LogP contribution is 2.11. The van der Waals surface area contributed by atoms with Crippen LogP contribution in [-0.2, 0) is 11.3 Å². The van der Waals surface area contributed by atoms with E-state index in [9.17, 15) is 0 Å². The molecule has 0 fully saturated rings. The van der Waals surface area contributed by atoms with E-state index >= 15 is 0 Å². The second kappa shape index (κ2) is 10.00. The molecule has 0 saturated heterocycles. The smallest absolute Gasteiger partial charge is 0.104 e. The van der Waals surface area contributed by atoms with Crippen molar-refractivity contribution >= 4 is 0 Å². The van der Waals surface area contributed by atoms with Crippen molar-refractivity contribution in [1.29, 1.82) is 5.26 Å². The molecule has 0 aliphatic heterocycles. The fourth-order valence-corrected chi connectivity index (χ4v) is 1.85. The first-order valence-corrected chi connectivity index (χ1v) is 6.57. The molecule has 0 heterocycles. The van der Waals surface area contributed by atoms with Crippen molar-refractivity contribution in [2.45, 2.75) is 13.0 Å². The van der Waals surface area contributed by atoms with Gasteiger partial charge in [0.2, 0.25) is 0 Å². The van der Waals surface area contributed by atoms with Crippen LogP contribution >= 0.6 is 0 Å². The van der Waals surface area contributed by atoms with Gasteiger partial charge in [0.05, 0.1) is 12.7 Å². The number of benzene rings is 1. The number of aliphatic hydroxyl groups is 1. The van der Waals surface area contributed by atoms with E-state index in [2.05, 4.69) is 22.8 Å². The summed E-state index contributed by atoms with van der Waals surface area (Å²) in [6.07, 6.45) is 0.494. The first-order valence-electron chi connectivity index (χ1n) is 6.57. The van der Waals surface area contributed by atoms with Crippen LogP contribution in [0.1, 0.15) is 17.5 Å². The van der Waals surface area contributed by atoms with E-state index in [1.807, 2.05) is 24.3 Å². The fourth-order valence-electron chi connectivity index (χ4n) is 1.85. The summed E-state index contributed by atoms with van der Waals surface area (Å²) >= 11 is 0. The first kappa shape index (κ1) is 16.2. The Morgan fingerprint density at radius 3 is 2.80 bits per heavy atom. The van der Waals surface area contributed by atoms with Crippen LogP contribution in [0.15, 0.2) is 24.3 Å². The monoisotopic (exact) mass is 272 g/mol. The summed E-state index contributed by atoms with van der Waals surface area (Å²) in [6.45, 7) is 2.70. The van der Waals surface area contributed by atoms with E-state index in [1.165, 1.54) is 0 Å². The predicted molar refractivity (Wildman–Crippen MR) is 77.8 cm³/mol. The lowest BCUT2D eigenvalue weighted by atomic mass is 10.1. The Kier molecular flexibility index (Phi) is 8.10. The van der Waals surface area contributed by atoms with Crippen LogP contribution in [0.5, 0.6) is 0 Å². The van der Waals surface area contributed by atoms with Crippen LogP contribution in [0.2, 0.25) is 0 Å². The van der Waals surface area contributed by atoms with Gasteiger partial charge in [0.25, 0.3) is 0 Å². The second-order valence-electron chi connectivity index (χ2n) is 4.29. The van der Waals surface area contributed by atoms with Crippen LogP contribution in [0.4, 0.5) is 0 Å². The lowest BCUT2D eigenvalue weighted by Crippen LogP contribution is -2.28. The van der Waals surface area contributed by atoms with E-state index < -0.39 is 0 Å². The van der Waals surface area contributed by atoms with Crippen molar-refractivity contribution in [3.05, 3.63) is 35.4 Å².